The van der Waals surface area contributed by atoms with E-state index in [0.29, 0.717) is 23.2 Å². The first kappa shape index (κ1) is 23.3. The third kappa shape index (κ3) is 6.36. The largest absolute Gasteiger partial charge is 0.490 e. The standard InChI is InChI=1S/C27H25NO5S/c1-2-30-27(29)26(28-33-19-20-8-4-3-5-9-20)24-14-15-25(34-24)32-17-16-31-23-13-12-21-10-6-7-11-22(21)18-23/h3-15,18H,2,16-17,19H2,1H3/b28-26+. The summed E-state index contributed by atoms with van der Waals surface area (Å²) in [5.74, 6) is 0.255. The van der Waals surface area contributed by atoms with Gasteiger partial charge in [0.1, 0.15) is 25.6 Å². The van der Waals surface area contributed by atoms with Gasteiger partial charge >= 0.3 is 5.97 Å². The number of esters is 1. The Morgan fingerprint density at radius 2 is 1.62 bits per heavy atom. The molecular formula is C27H25NO5S. The van der Waals surface area contributed by atoms with E-state index >= 15 is 0 Å². The number of nitrogens with zero attached hydrogens (tertiary/aromatic N) is 1. The highest BCUT2D eigenvalue weighted by atomic mass is 32.1. The Kier molecular flexibility index (Phi) is 8.13. The lowest BCUT2D eigenvalue weighted by atomic mass is 10.1. The van der Waals surface area contributed by atoms with E-state index in [1.54, 1.807) is 19.1 Å². The molecule has 0 bridgehead atoms. The Labute approximate surface area is 202 Å². The molecule has 0 fully saturated rings. The van der Waals surface area contributed by atoms with Gasteiger partial charge in [0.2, 0.25) is 5.71 Å². The molecule has 1 heterocycles. The maximum Gasteiger partial charge on any atom is 0.361 e. The molecule has 4 rings (SSSR count). The quantitative estimate of drug-likeness (QED) is 0.118. The van der Waals surface area contributed by atoms with E-state index in [1.807, 2.05) is 60.7 Å². The third-order valence-electron chi connectivity index (χ3n) is 4.83. The van der Waals surface area contributed by atoms with Crippen molar-refractivity contribution < 1.29 is 23.8 Å². The molecule has 0 aliphatic carbocycles. The summed E-state index contributed by atoms with van der Waals surface area (Å²) >= 11 is 1.30. The van der Waals surface area contributed by atoms with Gasteiger partial charge in [0, 0.05) is 0 Å². The van der Waals surface area contributed by atoms with Crippen LogP contribution in [0.25, 0.3) is 10.8 Å². The number of carbonyl (C=O) groups is 1. The van der Waals surface area contributed by atoms with Gasteiger partial charge in [-0.3, -0.25) is 0 Å². The molecule has 3 aromatic carbocycles. The zero-order chi connectivity index (χ0) is 23.6. The number of hydrogen-bond acceptors (Lipinski definition) is 7. The zero-order valence-corrected chi connectivity index (χ0v) is 19.6. The first-order chi connectivity index (χ1) is 16.7. The molecule has 0 atom stereocenters. The summed E-state index contributed by atoms with van der Waals surface area (Å²) in [6, 6.07) is 27.3. The molecule has 0 spiro atoms. The number of fused-ring (bicyclic) bond motifs is 1. The Morgan fingerprint density at radius 3 is 2.44 bits per heavy atom. The zero-order valence-electron chi connectivity index (χ0n) is 18.8. The van der Waals surface area contributed by atoms with Crippen molar-refractivity contribution in [2.75, 3.05) is 19.8 Å². The summed E-state index contributed by atoms with van der Waals surface area (Å²) in [5, 5.41) is 7.00. The van der Waals surface area contributed by atoms with E-state index in [1.165, 1.54) is 16.7 Å². The lowest BCUT2D eigenvalue weighted by molar-refractivity contribution is -0.135. The normalized spacial score (nSPS) is 11.3. The topological polar surface area (TPSA) is 66.4 Å². The summed E-state index contributed by atoms with van der Waals surface area (Å²) in [7, 11) is 0. The van der Waals surface area contributed by atoms with Gasteiger partial charge in [-0.05, 0) is 47.5 Å². The number of carbonyl (C=O) groups excluding carboxylic acids is 1. The molecule has 0 saturated carbocycles. The summed E-state index contributed by atoms with van der Waals surface area (Å²) in [5.41, 5.74) is 1.07. The molecule has 6 nitrogen and oxygen atoms in total. The second-order valence-corrected chi connectivity index (χ2v) is 8.29. The molecule has 34 heavy (non-hydrogen) atoms. The molecule has 0 radical (unpaired) electrons. The van der Waals surface area contributed by atoms with Crippen LogP contribution < -0.4 is 9.47 Å². The van der Waals surface area contributed by atoms with Crippen molar-refractivity contribution >= 4 is 33.8 Å². The highest BCUT2D eigenvalue weighted by Crippen LogP contribution is 2.26. The minimum atomic E-state index is -0.538. The van der Waals surface area contributed by atoms with Crippen LogP contribution >= 0.6 is 11.3 Å². The van der Waals surface area contributed by atoms with Crippen molar-refractivity contribution in [1.29, 1.82) is 0 Å². The Bertz CT molecular complexity index is 1250. The molecule has 4 aromatic rings. The van der Waals surface area contributed by atoms with Crippen molar-refractivity contribution in [2.24, 2.45) is 5.16 Å². The van der Waals surface area contributed by atoms with Gasteiger partial charge in [0.15, 0.2) is 5.06 Å². The Hall–Kier alpha value is -3.84. The number of hydrogen-bond donors (Lipinski definition) is 0. The molecule has 1 aromatic heterocycles. The van der Waals surface area contributed by atoms with Crippen LogP contribution in [0.3, 0.4) is 0 Å². The van der Waals surface area contributed by atoms with Crippen LogP contribution in [0.2, 0.25) is 0 Å². The first-order valence-electron chi connectivity index (χ1n) is 11.0. The van der Waals surface area contributed by atoms with Gasteiger partial charge in [-0.2, -0.15) is 0 Å². The molecule has 0 amide bonds. The van der Waals surface area contributed by atoms with Gasteiger partial charge in [0.25, 0.3) is 0 Å². The molecule has 0 N–H and O–H groups in total. The van der Waals surface area contributed by atoms with E-state index in [-0.39, 0.29) is 18.9 Å². The Morgan fingerprint density at radius 1 is 0.853 bits per heavy atom. The van der Waals surface area contributed by atoms with Crippen LogP contribution in [-0.4, -0.2) is 31.5 Å². The SMILES string of the molecule is CCOC(=O)/C(=N/OCc1ccccc1)c1ccc(OCCOc2ccc3ccccc3c2)s1. The molecule has 174 valence electrons. The fraction of sp³-hybridized carbons (Fsp3) is 0.185. The molecule has 0 aliphatic rings. The van der Waals surface area contributed by atoms with Crippen molar-refractivity contribution in [3.8, 4) is 10.8 Å². The van der Waals surface area contributed by atoms with Crippen LogP contribution in [0.5, 0.6) is 10.8 Å². The number of ether oxygens (including phenoxy) is 3. The molecule has 0 unspecified atom stereocenters. The first-order valence-corrected chi connectivity index (χ1v) is 11.8. The van der Waals surface area contributed by atoms with Crippen molar-refractivity contribution in [1.82, 2.24) is 0 Å². The van der Waals surface area contributed by atoms with Crippen LogP contribution in [0.1, 0.15) is 17.4 Å². The maximum absolute atomic E-state index is 12.4. The second kappa shape index (κ2) is 11.9. The van der Waals surface area contributed by atoms with E-state index in [0.717, 1.165) is 16.7 Å². The molecular weight excluding hydrogens is 450 g/mol. The van der Waals surface area contributed by atoms with E-state index < -0.39 is 5.97 Å². The predicted molar refractivity (Wildman–Crippen MR) is 134 cm³/mol. The number of thiophene rings is 1. The van der Waals surface area contributed by atoms with Crippen molar-refractivity contribution in [3.63, 3.8) is 0 Å². The predicted octanol–water partition coefficient (Wildman–Crippen LogP) is 5.84. The molecule has 7 heteroatoms. The average Bonchev–Trinajstić information content (AvgIpc) is 3.33. The van der Waals surface area contributed by atoms with Gasteiger partial charge in [-0.15, -0.1) is 0 Å². The summed E-state index contributed by atoms with van der Waals surface area (Å²) in [6.07, 6.45) is 0. The van der Waals surface area contributed by atoms with Gasteiger partial charge in [-0.25, -0.2) is 4.79 Å². The van der Waals surface area contributed by atoms with Gasteiger partial charge in [0.05, 0.1) is 11.5 Å². The highest BCUT2D eigenvalue weighted by Gasteiger charge is 2.19. The van der Waals surface area contributed by atoms with E-state index in [4.69, 9.17) is 19.0 Å². The minimum Gasteiger partial charge on any atom is -0.490 e. The van der Waals surface area contributed by atoms with Crippen molar-refractivity contribution in [3.05, 3.63) is 95.4 Å². The van der Waals surface area contributed by atoms with Gasteiger partial charge < -0.3 is 19.0 Å². The van der Waals surface area contributed by atoms with Crippen LogP contribution in [0.4, 0.5) is 0 Å². The van der Waals surface area contributed by atoms with Crippen LogP contribution in [0.15, 0.2) is 90.1 Å². The molecule has 0 aliphatic heterocycles. The van der Waals surface area contributed by atoms with E-state index in [2.05, 4.69) is 17.3 Å². The molecule has 0 saturated heterocycles. The minimum absolute atomic E-state index is 0.116. The fourth-order valence-electron chi connectivity index (χ4n) is 3.21. The highest BCUT2D eigenvalue weighted by molar-refractivity contribution is 7.16. The average molecular weight is 476 g/mol. The second-order valence-electron chi connectivity index (χ2n) is 7.24. The third-order valence-corrected chi connectivity index (χ3v) is 5.84. The lowest BCUT2D eigenvalue weighted by Gasteiger charge is -2.08. The van der Waals surface area contributed by atoms with E-state index in [9.17, 15) is 4.79 Å². The maximum atomic E-state index is 12.4. The number of oxime groups is 1. The Balaban J connectivity index is 1.33. The lowest BCUT2D eigenvalue weighted by Crippen LogP contribution is -2.18. The fourth-order valence-corrected chi connectivity index (χ4v) is 4.06. The van der Waals surface area contributed by atoms with Crippen LogP contribution in [-0.2, 0) is 21.0 Å². The monoisotopic (exact) mass is 475 g/mol. The summed E-state index contributed by atoms with van der Waals surface area (Å²) in [6.45, 7) is 3.01. The number of benzene rings is 3. The van der Waals surface area contributed by atoms with Gasteiger partial charge in [-0.1, -0.05) is 77.2 Å². The summed E-state index contributed by atoms with van der Waals surface area (Å²) < 4.78 is 16.8. The number of rotatable bonds is 11. The summed E-state index contributed by atoms with van der Waals surface area (Å²) in [4.78, 5) is 18.5. The van der Waals surface area contributed by atoms with Crippen LogP contribution in [0, 0.1) is 0 Å². The smallest absolute Gasteiger partial charge is 0.361 e. The van der Waals surface area contributed by atoms with Crippen molar-refractivity contribution in [2.45, 2.75) is 13.5 Å².